The van der Waals surface area contributed by atoms with Crippen LogP contribution in [0.3, 0.4) is 0 Å². The predicted molar refractivity (Wildman–Crippen MR) is 42.9 cm³/mol. The van der Waals surface area contributed by atoms with Gasteiger partial charge >= 0.3 is 0 Å². The molecule has 0 aliphatic heterocycles. The van der Waals surface area contributed by atoms with Crippen molar-refractivity contribution < 1.29 is 4.39 Å². The van der Waals surface area contributed by atoms with E-state index in [2.05, 4.69) is 11.0 Å². The highest BCUT2D eigenvalue weighted by Gasteiger charge is 1.99. The summed E-state index contributed by atoms with van der Waals surface area (Å²) in [6.07, 6.45) is 1.12. The first-order valence-corrected chi connectivity index (χ1v) is 4.00. The second-order valence-electron chi connectivity index (χ2n) is 2.38. The van der Waals surface area contributed by atoms with Gasteiger partial charge in [-0.3, -0.25) is 4.39 Å². The lowest BCUT2D eigenvalue weighted by Crippen LogP contribution is -2.25. The highest BCUT2D eigenvalue weighted by atomic mass is 19.1. The number of hydrogen-bond donors (Lipinski definition) is 0. The number of alkyl halides is 1. The molecule has 0 unspecified atom stereocenters. The molecule has 0 atom stereocenters. The fraction of sp³-hybridized carbons (Fsp3) is 0.875. The minimum absolute atomic E-state index is 0.261. The number of nitriles is 1. The van der Waals surface area contributed by atoms with Crippen molar-refractivity contribution in [3.05, 3.63) is 0 Å². The molecule has 0 fully saturated rings. The topological polar surface area (TPSA) is 27.0 Å². The van der Waals surface area contributed by atoms with E-state index in [9.17, 15) is 4.39 Å². The van der Waals surface area contributed by atoms with Crippen LogP contribution >= 0.6 is 0 Å². The molecule has 2 nitrogen and oxygen atoms in total. The van der Waals surface area contributed by atoms with Crippen LogP contribution < -0.4 is 0 Å². The van der Waals surface area contributed by atoms with Gasteiger partial charge in [0.15, 0.2) is 0 Å². The molecule has 64 valence electrons. The Labute approximate surface area is 67.6 Å². The fourth-order valence-corrected chi connectivity index (χ4v) is 0.920. The average molecular weight is 158 g/mol. The molecule has 0 aromatic heterocycles. The summed E-state index contributed by atoms with van der Waals surface area (Å²) >= 11 is 0. The van der Waals surface area contributed by atoms with Crippen molar-refractivity contribution in [2.24, 2.45) is 0 Å². The maximum absolute atomic E-state index is 11.7. The smallest absolute Gasteiger partial charge is 0.0906 e. The molecule has 0 N–H and O–H groups in total. The largest absolute Gasteiger partial charge is 0.302 e. The van der Waals surface area contributed by atoms with E-state index in [0.717, 1.165) is 19.6 Å². The fourth-order valence-electron chi connectivity index (χ4n) is 0.920. The Kier molecular flexibility index (Phi) is 7.06. The zero-order valence-electron chi connectivity index (χ0n) is 7.02. The standard InChI is InChI=1S/C8H15FN2/c1-2-11(7-3-5-9)8-4-6-10/h2-5,7-8H2,1H3. The summed E-state index contributed by atoms with van der Waals surface area (Å²) in [5, 5.41) is 8.29. The molecule has 3 heteroatoms. The highest BCUT2D eigenvalue weighted by molar-refractivity contribution is 4.71. The van der Waals surface area contributed by atoms with Gasteiger partial charge in [0, 0.05) is 19.5 Å². The quantitative estimate of drug-likeness (QED) is 0.587. The van der Waals surface area contributed by atoms with Crippen LogP contribution in [0.2, 0.25) is 0 Å². The summed E-state index contributed by atoms with van der Waals surface area (Å²) in [6, 6.07) is 2.07. The Morgan fingerprint density at radius 1 is 1.45 bits per heavy atom. The van der Waals surface area contributed by atoms with Gasteiger partial charge < -0.3 is 4.90 Å². The molecule has 0 aliphatic rings. The van der Waals surface area contributed by atoms with Gasteiger partial charge in [-0.15, -0.1) is 0 Å². The molecule has 0 rings (SSSR count). The average Bonchev–Trinajstić information content (AvgIpc) is 2.05. The van der Waals surface area contributed by atoms with Crippen LogP contribution in [0.25, 0.3) is 0 Å². The Balaban J connectivity index is 3.34. The second kappa shape index (κ2) is 7.49. The molecule has 0 aliphatic carbocycles. The van der Waals surface area contributed by atoms with E-state index in [0.29, 0.717) is 12.8 Å². The summed E-state index contributed by atoms with van der Waals surface area (Å²) in [5.74, 6) is 0. The SMILES string of the molecule is CCN(CCC#N)CCCF. The van der Waals surface area contributed by atoms with E-state index in [1.165, 1.54) is 0 Å². The molecule has 0 radical (unpaired) electrons. The highest BCUT2D eigenvalue weighted by Crippen LogP contribution is 1.93. The molecule has 11 heavy (non-hydrogen) atoms. The Morgan fingerprint density at radius 3 is 2.64 bits per heavy atom. The van der Waals surface area contributed by atoms with Crippen molar-refractivity contribution in [2.75, 3.05) is 26.3 Å². The zero-order valence-corrected chi connectivity index (χ0v) is 7.02. The molecular formula is C8H15FN2. The van der Waals surface area contributed by atoms with Gasteiger partial charge in [0.25, 0.3) is 0 Å². The van der Waals surface area contributed by atoms with Crippen molar-refractivity contribution in [3.8, 4) is 6.07 Å². The van der Waals surface area contributed by atoms with Crippen molar-refractivity contribution >= 4 is 0 Å². The number of rotatable bonds is 6. The summed E-state index contributed by atoms with van der Waals surface area (Å²) in [7, 11) is 0. The van der Waals surface area contributed by atoms with Crippen LogP contribution in [0.1, 0.15) is 19.8 Å². The van der Waals surface area contributed by atoms with Crippen LogP contribution in [0.15, 0.2) is 0 Å². The van der Waals surface area contributed by atoms with E-state index in [4.69, 9.17) is 5.26 Å². The minimum atomic E-state index is -0.261. The second-order valence-corrected chi connectivity index (χ2v) is 2.38. The van der Waals surface area contributed by atoms with Gasteiger partial charge in [-0.2, -0.15) is 5.26 Å². The number of hydrogen-bond acceptors (Lipinski definition) is 2. The lowest BCUT2D eigenvalue weighted by molar-refractivity contribution is 0.277. The molecule has 0 heterocycles. The van der Waals surface area contributed by atoms with Gasteiger partial charge in [-0.25, -0.2) is 0 Å². The third-order valence-electron chi connectivity index (χ3n) is 1.60. The van der Waals surface area contributed by atoms with Crippen molar-refractivity contribution in [1.82, 2.24) is 4.90 Å². The monoisotopic (exact) mass is 158 g/mol. The molecule has 0 saturated carbocycles. The first kappa shape index (κ1) is 10.4. The molecule has 0 saturated heterocycles. The zero-order chi connectivity index (χ0) is 8.53. The van der Waals surface area contributed by atoms with E-state index in [-0.39, 0.29) is 6.67 Å². The van der Waals surface area contributed by atoms with Gasteiger partial charge in [-0.1, -0.05) is 6.92 Å². The first-order valence-electron chi connectivity index (χ1n) is 4.00. The van der Waals surface area contributed by atoms with Crippen LogP contribution in [0.4, 0.5) is 4.39 Å². The molecule has 0 aromatic carbocycles. The summed E-state index contributed by atoms with van der Waals surface area (Å²) < 4.78 is 11.7. The Morgan fingerprint density at radius 2 is 2.18 bits per heavy atom. The normalized spacial score (nSPS) is 10.0. The summed E-state index contributed by atoms with van der Waals surface area (Å²) in [6.45, 7) is 4.21. The molecule has 0 bridgehead atoms. The lowest BCUT2D eigenvalue weighted by Gasteiger charge is -2.17. The van der Waals surface area contributed by atoms with E-state index in [1.54, 1.807) is 0 Å². The molecule has 0 aromatic rings. The van der Waals surface area contributed by atoms with E-state index < -0.39 is 0 Å². The van der Waals surface area contributed by atoms with Crippen LogP contribution in [0, 0.1) is 11.3 Å². The Hall–Kier alpha value is -0.620. The van der Waals surface area contributed by atoms with Crippen LogP contribution in [0.5, 0.6) is 0 Å². The van der Waals surface area contributed by atoms with Crippen molar-refractivity contribution in [3.63, 3.8) is 0 Å². The first-order chi connectivity index (χ1) is 5.35. The van der Waals surface area contributed by atoms with Crippen molar-refractivity contribution in [2.45, 2.75) is 19.8 Å². The minimum Gasteiger partial charge on any atom is -0.302 e. The van der Waals surface area contributed by atoms with Crippen LogP contribution in [-0.4, -0.2) is 31.2 Å². The third kappa shape index (κ3) is 5.81. The van der Waals surface area contributed by atoms with Crippen molar-refractivity contribution in [1.29, 1.82) is 5.26 Å². The number of nitrogens with zero attached hydrogens (tertiary/aromatic N) is 2. The Bertz CT molecular complexity index is 120. The van der Waals surface area contributed by atoms with Gasteiger partial charge in [0.1, 0.15) is 0 Å². The predicted octanol–water partition coefficient (Wildman–Crippen LogP) is 1.58. The van der Waals surface area contributed by atoms with E-state index >= 15 is 0 Å². The maximum Gasteiger partial charge on any atom is 0.0906 e. The van der Waals surface area contributed by atoms with Gasteiger partial charge in [-0.05, 0) is 13.0 Å². The van der Waals surface area contributed by atoms with Gasteiger partial charge in [0.05, 0.1) is 12.7 Å². The molecular weight excluding hydrogens is 143 g/mol. The summed E-state index contributed by atoms with van der Waals surface area (Å²) in [5.41, 5.74) is 0. The van der Waals surface area contributed by atoms with Gasteiger partial charge in [0.2, 0.25) is 0 Å². The van der Waals surface area contributed by atoms with E-state index in [1.807, 2.05) is 6.92 Å². The summed E-state index contributed by atoms with van der Waals surface area (Å²) in [4.78, 5) is 2.09. The molecule has 0 spiro atoms. The maximum atomic E-state index is 11.7. The molecule has 0 amide bonds. The lowest BCUT2D eigenvalue weighted by atomic mass is 10.3. The van der Waals surface area contributed by atoms with Crippen LogP contribution in [-0.2, 0) is 0 Å². The third-order valence-corrected chi connectivity index (χ3v) is 1.60. The number of halogens is 1.